The van der Waals surface area contributed by atoms with Crippen LogP contribution in [0.5, 0.6) is 0 Å². The van der Waals surface area contributed by atoms with E-state index in [-0.39, 0.29) is 0 Å². The van der Waals surface area contributed by atoms with Gasteiger partial charge in [0, 0.05) is 11.6 Å². The number of pyridine rings is 1. The number of fused-ring (bicyclic) bond motifs is 1. The summed E-state index contributed by atoms with van der Waals surface area (Å²) in [7, 11) is 0. The van der Waals surface area contributed by atoms with E-state index < -0.39 is 5.72 Å². The van der Waals surface area contributed by atoms with Crippen molar-refractivity contribution in [1.82, 2.24) is 0 Å². The number of anilines is 1. The van der Waals surface area contributed by atoms with Crippen molar-refractivity contribution in [2.75, 3.05) is 11.4 Å². The Labute approximate surface area is 136 Å². The average molecular weight is 303 g/mol. The van der Waals surface area contributed by atoms with Gasteiger partial charge in [-0.05, 0) is 11.6 Å². The van der Waals surface area contributed by atoms with Gasteiger partial charge >= 0.3 is 0 Å². The summed E-state index contributed by atoms with van der Waals surface area (Å²) in [5, 5.41) is 11.4. The molecule has 0 saturated carbocycles. The van der Waals surface area contributed by atoms with E-state index in [1.807, 2.05) is 71.4 Å². The number of rotatable bonds is 3. The molecule has 4 rings (SSSR count). The van der Waals surface area contributed by atoms with Crippen molar-refractivity contribution < 1.29 is 9.67 Å². The zero-order valence-corrected chi connectivity index (χ0v) is 12.8. The minimum Gasteiger partial charge on any atom is -0.346 e. The van der Waals surface area contributed by atoms with Crippen molar-refractivity contribution in [3.05, 3.63) is 96.2 Å². The highest BCUT2D eigenvalue weighted by Crippen LogP contribution is 2.30. The molecule has 0 aliphatic carbocycles. The molecule has 1 aromatic heterocycles. The van der Waals surface area contributed by atoms with E-state index >= 15 is 0 Å². The second kappa shape index (κ2) is 5.52. The predicted octanol–water partition coefficient (Wildman–Crippen LogP) is 2.69. The van der Waals surface area contributed by atoms with Crippen LogP contribution in [0.25, 0.3) is 0 Å². The zero-order valence-electron chi connectivity index (χ0n) is 12.8. The van der Waals surface area contributed by atoms with Crippen LogP contribution in [0.4, 0.5) is 5.82 Å². The second-order valence-corrected chi connectivity index (χ2v) is 5.95. The van der Waals surface area contributed by atoms with Crippen LogP contribution in [0.2, 0.25) is 0 Å². The fourth-order valence-electron chi connectivity index (χ4n) is 3.30. The molecule has 2 aromatic carbocycles. The van der Waals surface area contributed by atoms with E-state index in [0.717, 1.165) is 17.9 Å². The van der Waals surface area contributed by atoms with E-state index in [1.165, 1.54) is 5.56 Å². The first kappa shape index (κ1) is 14.0. The largest absolute Gasteiger partial charge is 0.346 e. The summed E-state index contributed by atoms with van der Waals surface area (Å²) >= 11 is 0. The van der Waals surface area contributed by atoms with Gasteiger partial charge < -0.3 is 5.11 Å². The van der Waals surface area contributed by atoms with Crippen molar-refractivity contribution >= 4 is 5.82 Å². The molecular formula is C20H19N2O+. The van der Waals surface area contributed by atoms with Gasteiger partial charge in [-0.15, -0.1) is 0 Å². The highest BCUT2D eigenvalue weighted by Gasteiger charge is 2.49. The van der Waals surface area contributed by atoms with E-state index in [2.05, 4.69) is 23.1 Å². The third-order valence-corrected chi connectivity index (χ3v) is 4.42. The molecule has 1 N–H and O–H groups in total. The SMILES string of the molecule is OC1(c2ccccc2)CN(Cc2ccccc2)c2cccc[n+]21. The van der Waals surface area contributed by atoms with Crippen LogP contribution in [0.3, 0.4) is 0 Å². The first-order valence-electron chi connectivity index (χ1n) is 7.85. The van der Waals surface area contributed by atoms with Crippen LogP contribution in [-0.4, -0.2) is 11.7 Å². The summed E-state index contributed by atoms with van der Waals surface area (Å²) in [6.45, 7) is 1.32. The summed E-state index contributed by atoms with van der Waals surface area (Å²) in [5.74, 6) is 1.03. The molecular weight excluding hydrogens is 284 g/mol. The zero-order chi connectivity index (χ0) is 15.7. The molecule has 0 spiro atoms. The molecule has 1 aliphatic heterocycles. The van der Waals surface area contributed by atoms with E-state index in [1.54, 1.807) is 0 Å². The third kappa shape index (κ3) is 2.39. The van der Waals surface area contributed by atoms with Crippen molar-refractivity contribution in [3.8, 4) is 0 Å². The minimum absolute atomic E-state index is 0.538. The molecule has 1 aliphatic rings. The first-order valence-corrected chi connectivity index (χ1v) is 7.85. The standard InChI is InChI=1S/C20H19N2O/c23-20(18-11-5-2-6-12-18)16-21(15-17-9-3-1-4-10-17)19-13-7-8-14-22(19)20/h1-14,23H,15-16H2/q+1. The molecule has 114 valence electrons. The van der Waals surface area contributed by atoms with Crippen LogP contribution in [0.15, 0.2) is 85.1 Å². The summed E-state index contributed by atoms with van der Waals surface area (Å²) in [6, 6.07) is 26.3. The van der Waals surface area contributed by atoms with Crippen LogP contribution >= 0.6 is 0 Å². The van der Waals surface area contributed by atoms with Gasteiger partial charge in [-0.25, -0.2) is 4.90 Å². The number of nitrogens with zero attached hydrogens (tertiary/aromatic N) is 2. The number of aromatic nitrogens is 1. The number of β-amino-alcohol motifs (C(OH)–C–C–N with tert-alkyl or cyclic N) is 1. The van der Waals surface area contributed by atoms with Gasteiger partial charge in [0.2, 0.25) is 0 Å². The maximum absolute atomic E-state index is 11.4. The lowest BCUT2D eigenvalue weighted by Crippen LogP contribution is -2.55. The van der Waals surface area contributed by atoms with Crippen molar-refractivity contribution in [2.45, 2.75) is 12.3 Å². The Bertz CT molecular complexity index is 804. The molecule has 3 aromatic rings. The number of hydrogen-bond donors (Lipinski definition) is 1. The van der Waals surface area contributed by atoms with Crippen LogP contribution < -0.4 is 9.47 Å². The molecule has 3 heteroatoms. The first-order chi connectivity index (χ1) is 11.3. The van der Waals surface area contributed by atoms with E-state index in [9.17, 15) is 5.11 Å². The van der Waals surface area contributed by atoms with Crippen molar-refractivity contribution in [1.29, 1.82) is 0 Å². The van der Waals surface area contributed by atoms with Crippen LogP contribution in [0, 0.1) is 0 Å². The van der Waals surface area contributed by atoms with Gasteiger partial charge in [-0.3, -0.25) is 0 Å². The summed E-state index contributed by atoms with van der Waals surface area (Å²) in [6.07, 6.45) is 1.95. The van der Waals surface area contributed by atoms with Crippen molar-refractivity contribution in [2.24, 2.45) is 0 Å². The molecule has 2 heterocycles. The molecule has 0 fully saturated rings. The summed E-state index contributed by atoms with van der Waals surface area (Å²) in [4.78, 5) is 2.22. The Kier molecular flexibility index (Phi) is 3.36. The molecule has 0 amide bonds. The normalized spacial score (nSPS) is 19.6. The summed E-state index contributed by atoms with van der Waals surface area (Å²) in [5.41, 5.74) is 1.11. The lowest BCUT2D eigenvalue weighted by Gasteiger charge is -2.19. The monoisotopic (exact) mass is 303 g/mol. The number of benzene rings is 2. The van der Waals surface area contributed by atoms with Crippen LogP contribution in [0.1, 0.15) is 11.1 Å². The average Bonchev–Trinajstić information content (AvgIpc) is 2.91. The summed E-state index contributed by atoms with van der Waals surface area (Å²) < 4.78 is 1.96. The quantitative estimate of drug-likeness (QED) is 0.753. The third-order valence-electron chi connectivity index (χ3n) is 4.42. The highest BCUT2D eigenvalue weighted by molar-refractivity contribution is 5.40. The Hall–Kier alpha value is -2.65. The minimum atomic E-state index is -1.04. The van der Waals surface area contributed by atoms with Crippen molar-refractivity contribution in [3.63, 3.8) is 0 Å². The Morgan fingerprint density at radius 2 is 1.52 bits per heavy atom. The number of aliphatic hydroxyl groups is 1. The smallest absolute Gasteiger partial charge is 0.279 e. The van der Waals surface area contributed by atoms with Gasteiger partial charge in [0.25, 0.3) is 11.5 Å². The van der Waals surface area contributed by atoms with E-state index in [0.29, 0.717) is 6.54 Å². The molecule has 23 heavy (non-hydrogen) atoms. The topological polar surface area (TPSA) is 27.3 Å². The Balaban J connectivity index is 1.75. The maximum atomic E-state index is 11.4. The van der Waals surface area contributed by atoms with E-state index in [4.69, 9.17) is 0 Å². The van der Waals surface area contributed by atoms with Crippen LogP contribution in [-0.2, 0) is 12.3 Å². The molecule has 0 bridgehead atoms. The lowest BCUT2D eigenvalue weighted by atomic mass is 10.0. The van der Waals surface area contributed by atoms with Gasteiger partial charge in [-0.2, -0.15) is 4.57 Å². The molecule has 0 radical (unpaired) electrons. The molecule has 0 saturated heterocycles. The molecule has 1 atom stereocenters. The molecule has 3 nitrogen and oxygen atoms in total. The molecule has 1 unspecified atom stereocenters. The van der Waals surface area contributed by atoms with Gasteiger partial charge in [-0.1, -0.05) is 66.7 Å². The van der Waals surface area contributed by atoms with Gasteiger partial charge in [0.05, 0.1) is 6.20 Å². The highest BCUT2D eigenvalue weighted by atomic mass is 16.3. The second-order valence-electron chi connectivity index (χ2n) is 5.95. The Morgan fingerprint density at radius 1 is 0.870 bits per heavy atom. The maximum Gasteiger partial charge on any atom is 0.279 e. The lowest BCUT2D eigenvalue weighted by molar-refractivity contribution is -0.770. The fourth-order valence-corrected chi connectivity index (χ4v) is 3.30. The van der Waals surface area contributed by atoms with Gasteiger partial charge in [0.15, 0.2) is 6.54 Å². The predicted molar refractivity (Wildman–Crippen MR) is 89.9 cm³/mol. The fraction of sp³-hybridized carbons (Fsp3) is 0.150. The number of hydrogen-bond acceptors (Lipinski definition) is 2. The van der Waals surface area contributed by atoms with Gasteiger partial charge in [0.1, 0.15) is 6.54 Å². The Morgan fingerprint density at radius 3 is 2.26 bits per heavy atom.